The monoisotopic (exact) mass is 305 g/mol. The van der Waals surface area contributed by atoms with Gasteiger partial charge in [-0.05, 0) is 30.5 Å². The van der Waals surface area contributed by atoms with Crippen LogP contribution >= 0.6 is 22.9 Å². The van der Waals surface area contributed by atoms with Gasteiger partial charge in [-0.1, -0.05) is 17.7 Å². The van der Waals surface area contributed by atoms with Gasteiger partial charge in [-0.25, -0.2) is 4.98 Å². The van der Waals surface area contributed by atoms with Gasteiger partial charge in [0.1, 0.15) is 6.54 Å². The predicted molar refractivity (Wildman–Crippen MR) is 82.4 cm³/mol. The maximum atomic E-state index is 12.0. The summed E-state index contributed by atoms with van der Waals surface area (Å²) in [4.78, 5) is 16.2. The average Bonchev–Trinajstić information content (AvgIpc) is 2.97. The molecule has 102 valence electrons. The summed E-state index contributed by atoms with van der Waals surface area (Å²) in [5.74, 6) is -0.100. The molecule has 4 nitrogen and oxygen atoms in total. The summed E-state index contributed by atoms with van der Waals surface area (Å²) >= 11 is 7.42. The number of hydrogen-bond donors (Lipinski definition) is 1. The summed E-state index contributed by atoms with van der Waals surface area (Å²) in [7, 11) is 0. The van der Waals surface area contributed by atoms with Gasteiger partial charge in [-0.15, -0.1) is 11.3 Å². The lowest BCUT2D eigenvalue weighted by molar-refractivity contribution is -0.116. The molecule has 6 heteroatoms. The third kappa shape index (κ3) is 2.69. The van der Waals surface area contributed by atoms with E-state index in [-0.39, 0.29) is 12.5 Å². The van der Waals surface area contributed by atoms with E-state index in [1.54, 1.807) is 0 Å². The van der Waals surface area contributed by atoms with Crippen molar-refractivity contribution in [2.24, 2.45) is 0 Å². The molecule has 1 aromatic carbocycles. The largest absolute Gasteiger partial charge is 0.338 e. The van der Waals surface area contributed by atoms with E-state index >= 15 is 0 Å². The summed E-state index contributed by atoms with van der Waals surface area (Å²) in [5, 5.41) is 7.05. The van der Waals surface area contributed by atoms with Gasteiger partial charge >= 0.3 is 0 Å². The molecule has 2 aromatic heterocycles. The van der Waals surface area contributed by atoms with Crippen LogP contribution in [0.3, 0.4) is 0 Å². The SMILES string of the molecule is Cc1csc(NC(=O)Cn2ccc3ccc(Cl)cc32)n1. The number of aromatic nitrogens is 2. The molecule has 0 aliphatic rings. The Balaban J connectivity index is 1.79. The lowest BCUT2D eigenvalue weighted by Gasteiger charge is -2.05. The van der Waals surface area contributed by atoms with Crippen LogP contribution in [-0.2, 0) is 11.3 Å². The van der Waals surface area contributed by atoms with Crippen LogP contribution in [0, 0.1) is 6.92 Å². The number of carbonyl (C=O) groups excluding carboxylic acids is 1. The average molecular weight is 306 g/mol. The Morgan fingerprint density at radius 2 is 2.30 bits per heavy atom. The topological polar surface area (TPSA) is 46.9 Å². The molecule has 3 aromatic rings. The highest BCUT2D eigenvalue weighted by atomic mass is 35.5. The number of nitrogens with one attached hydrogen (secondary N) is 1. The van der Waals surface area contributed by atoms with Crippen LogP contribution in [0.15, 0.2) is 35.8 Å². The number of hydrogen-bond acceptors (Lipinski definition) is 3. The number of anilines is 1. The number of benzene rings is 1. The fourth-order valence-electron chi connectivity index (χ4n) is 2.02. The van der Waals surface area contributed by atoms with Crippen LogP contribution < -0.4 is 5.32 Å². The fourth-order valence-corrected chi connectivity index (χ4v) is 2.89. The zero-order chi connectivity index (χ0) is 14.1. The molecule has 0 spiro atoms. The predicted octanol–water partition coefficient (Wildman–Crippen LogP) is 3.70. The Morgan fingerprint density at radius 3 is 3.05 bits per heavy atom. The lowest BCUT2D eigenvalue weighted by Crippen LogP contribution is -2.18. The molecular weight excluding hydrogens is 294 g/mol. The zero-order valence-corrected chi connectivity index (χ0v) is 12.3. The van der Waals surface area contributed by atoms with E-state index in [0.29, 0.717) is 10.2 Å². The highest BCUT2D eigenvalue weighted by Crippen LogP contribution is 2.21. The molecule has 0 saturated heterocycles. The number of aryl methyl sites for hydroxylation is 1. The molecule has 0 saturated carbocycles. The standard InChI is InChI=1S/C14H12ClN3OS/c1-9-8-20-14(16-9)17-13(19)7-18-5-4-10-2-3-11(15)6-12(10)18/h2-6,8H,7H2,1H3,(H,16,17,19). The molecule has 0 bridgehead atoms. The molecule has 20 heavy (non-hydrogen) atoms. The molecule has 1 amide bonds. The van der Waals surface area contributed by atoms with E-state index in [0.717, 1.165) is 16.6 Å². The first-order valence-electron chi connectivity index (χ1n) is 6.08. The van der Waals surface area contributed by atoms with Crippen molar-refractivity contribution in [1.82, 2.24) is 9.55 Å². The Kier molecular flexibility index (Phi) is 3.46. The second kappa shape index (κ2) is 5.26. The molecule has 0 unspecified atom stereocenters. The number of fused-ring (bicyclic) bond motifs is 1. The van der Waals surface area contributed by atoms with Crippen molar-refractivity contribution in [3.63, 3.8) is 0 Å². The molecule has 0 fully saturated rings. The van der Waals surface area contributed by atoms with Crippen LogP contribution in [0.2, 0.25) is 5.02 Å². The summed E-state index contributed by atoms with van der Waals surface area (Å²) < 4.78 is 1.87. The fraction of sp³-hybridized carbons (Fsp3) is 0.143. The van der Waals surface area contributed by atoms with Crippen LogP contribution in [0.1, 0.15) is 5.69 Å². The third-order valence-electron chi connectivity index (χ3n) is 2.92. The maximum absolute atomic E-state index is 12.0. The van der Waals surface area contributed by atoms with Crippen LogP contribution in [0.5, 0.6) is 0 Å². The van der Waals surface area contributed by atoms with Crippen molar-refractivity contribution in [1.29, 1.82) is 0 Å². The van der Waals surface area contributed by atoms with Gasteiger partial charge in [0.25, 0.3) is 0 Å². The molecule has 0 atom stereocenters. The first-order chi connectivity index (χ1) is 9.61. The highest BCUT2D eigenvalue weighted by Gasteiger charge is 2.08. The zero-order valence-electron chi connectivity index (χ0n) is 10.8. The van der Waals surface area contributed by atoms with Crippen LogP contribution in [0.25, 0.3) is 10.9 Å². The van der Waals surface area contributed by atoms with E-state index in [2.05, 4.69) is 10.3 Å². The summed E-state index contributed by atoms with van der Waals surface area (Å²) in [6.07, 6.45) is 1.88. The molecule has 0 aliphatic heterocycles. The minimum absolute atomic E-state index is 0.100. The Bertz CT molecular complexity index is 778. The van der Waals surface area contributed by atoms with E-state index in [1.807, 2.05) is 47.3 Å². The van der Waals surface area contributed by atoms with Crippen molar-refractivity contribution in [3.05, 3.63) is 46.6 Å². The van der Waals surface area contributed by atoms with E-state index in [1.165, 1.54) is 11.3 Å². The Morgan fingerprint density at radius 1 is 1.45 bits per heavy atom. The number of amides is 1. The quantitative estimate of drug-likeness (QED) is 0.802. The first-order valence-corrected chi connectivity index (χ1v) is 7.34. The molecule has 0 aliphatic carbocycles. The number of rotatable bonds is 3. The number of thiazole rings is 1. The van der Waals surface area contributed by atoms with Crippen molar-refractivity contribution in [2.75, 3.05) is 5.32 Å². The Labute approximate surface area is 125 Å². The van der Waals surface area contributed by atoms with Gasteiger partial charge in [0.05, 0.1) is 5.69 Å². The molecule has 1 N–H and O–H groups in total. The van der Waals surface area contributed by atoms with Gasteiger partial charge < -0.3 is 9.88 Å². The van der Waals surface area contributed by atoms with Gasteiger partial charge in [0.2, 0.25) is 5.91 Å². The van der Waals surface area contributed by atoms with Crippen LogP contribution in [0.4, 0.5) is 5.13 Å². The molecule has 0 radical (unpaired) electrons. The summed E-state index contributed by atoms with van der Waals surface area (Å²) in [6.45, 7) is 2.13. The van der Waals surface area contributed by atoms with E-state index in [9.17, 15) is 4.79 Å². The number of nitrogens with zero attached hydrogens (tertiary/aromatic N) is 2. The van der Waals surface area contributed by atoms with Gasteiger partial charge in [-0.3, -0.25) is 4.79 Å². The minimum Gasteiger partial charge on any atom is -0.338 e. The van der Waals surface area contributed by atoms with Crippen molar-refractivity contribution < 1.29 is 4.79 Å². The van der Waals surface area contributed by atoms with Crippen molar-refractivity contribution in [2.45, 2.75) is 13.5 Å². The Hall–Kier alpha value is -1.85. The first kappa shape index (κ1) is 13.1. The van der Waals surface area contributed by atoms with Crippen molar-refractivity contribution >= 4 is 44.9 Å². The highest BCUT2D eigenvalue weighted by molar-refractivity contribution is 7.13. The lowest BCUT2D eigenvalue weighted by atomic mass is 10.2. The normalized spacial score (nSPS) is 10.9. The van der Waals surface area contributed by atoms with Crippen LogP contribution in [-0.4, -0.2) is 15.5 Å². The van der Waals surface area contributed by atoms with Gasteiger partial charge in [0, 0.05) is 22.1 Å². The number of carbonyl (C=O) groups is 1. The maximum Gasteiger partial charge on any atom is 0.246 e. The second-order valence-corrected chi connectivity index (χ2v) is 5.78. The smallest absolute Gasteiger partial charge is 0.246 e. The second-order valence-electron chi connectivity index (χ2n) is 4.49. The third-order valence-corrected chi connectivity index (χ3v) is 4.03. The number of halogens is 1. The van der Waals surface area contributed by atoms with E-state index in [4.69, 9.17) is 11.6 Å². The van der Waals surface area contributed by atoms with E-state index < -0.39 is 0 Å². The van der Waals surface area contributed by atoms with Gasteiger partial charge in [-0.2, -0.15) is 0 Å². The molecular formula is C14H12ClN3OS. The molecule has 3 rings (SSSR count). The van der Waals surface area contributed by atoms with Gasteiger partial charge in [0.15, 0.2) is 5.13 Å². The summed E-state index contributed by atoms with van der Waals surface area (Å²) in [6, 6.07) is 7.60. The minimum atomic E-state index is -0.100. The summed E-state index contributed by atoms with van der Waals surface area (Å²) in [5.41, 5.74) is 1.85. The van der Waals surface area contributed by atoms with Crippen molar-refractivity contribution in [3.8, 4) is 0 Å². The molecule has 2 heterocycles.